The molecule has 1 heterocycles. The number of hydrogen-bond acceptors (Lipinski definition) is 7. The Balaban J connectivity index is 2.04. The molecule has 0 saturated carbocycles. The van der Waals surface area contributed by atoms with Gasteiger partial charge < -0.3 is 30.3 Å². The predicted octanol–water partition coefficient (Wildman–Crippen LogP) is 1.29. The van der Waals surface area contributed by atoms with Crippen molar-refractivity contribution >= 4 is 5.78 Å². The van der Waals surface area contributed by atoms with E-state index in [4.69, 9.17) is 4.74 Å². The number of phenols is 4. The molecule has 114 valence electrons. The molecule has 0 fully saturated rings. The van der Waals surface area contributed by atoms with Gasteiger partial charge in [-0.2, -0.15) is 0 Å². The van der Waals surface area contributed by atoms with Gasteiger partial charge in [0.2, 0.25) is 0 Å². The molecule has 22 heavy (non-hydrogen) atoms. The quantitative estimate of drug-likeness (QED) is 0.584. The van der Waals surface area contributed by atoms with E-state index in [0.717, 1.165) is 24.3 Å². The van der Waals surface area contributed by atoms with Crippen LogP contribution in [0, 0.1) is 0 Å². The Morgan fingerprint density at radius 1 is 1.05 bits per heavy atom. The maximum absolute atomic E-state index is 12.1. The Kier molecular flexibility index (Phi) is 2.98. The summed E-state index contributed by atoms with van der Waals surface area (Å²) in [4.78, 5) is 12.1. The van der Waals surface area contributed by atoms with E-state index in [1.807, 2.05) is 0 Å². The van der Waals surface area contributed by atoms with E-state index in [0.29, 0.717) is 0 Å². The minimum atomic E-state index is -0.862. The van der Waals surface area contributed by atoms with E-state index in [-0.39, 0.29) is 29.0 Å². The van der Waals surface area contributed by atoms with Gasteiger partial charge in [0.05, 0.1) is 12.0 Å². The molecule has 0 radical (unpaired) electrons. The van der Waals surface area contributed by atoms with Crippen LogP contribution in [0.15, 0.2) is 24.3 Å². The summed E-state index contributed by atoms with van der Waals surface area (Å²) in [5, 5.41) is 49.5. The number of aromatic hydroxyl groups is 4. The number of carbonyl (C=O) groups is 1. The van der Waals surface area contributed by atoms with Crippen molar-refractivity contribution in [2.75, 3.05) is 0 Å². The summed E-state index contributed by atoms with van der Waals surface area (Å²) in [6, 6.07) is 4.39. The average molecular weight is 303 g/mol. The van der Waals surface area contributed by atoms with Gasteiger partial charge in [-0.3, -0.25) is 4.79 Å². The molecule has 0 saturated heterocycles. The van der Waals surface area contributed by atoms with Crippen molar-refractivity contribution in [2.24, 2.45) is 0 Å². The van der Waals surface area contributed by atoms with Crippen LogP contribution < -0.4 is 9.84 Å². The molecule has 4 N–H and O–H groups in total. The molecule has 0 aromatic heterocycles. The van der Waals surface area contributed by atoms with Gasteiger partial charge in [0.15, 0.2) is 23.0 Å². The van der Waals surface area contributed by atoms with Gasteiger partial charge in [-0.1, -0.05) is 5.75 Å². The largest absolute Gasteiger partial charge is 0.872 e. The number of ketones is 1. The topological polar surface area (TPSA) is 130 Å². The standard InChI is InChI=1S/C15H12O7/c16-7-3-8(17)14-9(18)5-12(22-13(14)4-7)6-1-10(19)15(21)11(20)2-6/h1-4,12,16-17,19-21H,5H2/p-1. The third-order valence-electron chi connectivity index (χ3n) is 3.43. The lowest BCUT2D eigenvalue weighted by molar-refractivity contribution is -0.269. The van der Waals surface area contributed by atoms with Crippen LogP contribution in [0.1, 0.15) is 28.4 Å². The molecule has 2 aromatic carbocycles. The van der Waals surface area contributed by atoms with Gasteiger partial charge in [-0.25, -0.2) is 0 Å². The fourth-order valence-electron chi connectivity index (χ4n) is 2.41. The number of rotatable bonds is 1. The monoisotopic (exact) mass is 303 g/mol. The van der Waals surface area contributed by atoms with Gasteiger partial charge in [0, 0.05) is 11.6 Å². The van der Waals surface area contributed by atoms with Crippen LogP contribution in [0.5, 0.6) is 34.5 Å². The molecule has 7 nitrogen and oxygen atoms in total. The zero-order chi connectivity index (χ0) is 16.0. The third kappa shape index (κ3) is 2.12. The van der Waals surface area contributed by atoms with Crippen molar-refractivity contribution in [3.8, 4) is 34.5 Å². The highest BCUT2D eigenvalue weighted by atomic mass is 16.5. The number of Topliss-reactive ketones (excluding diaryl/α,β-unsaturated/α-hetero) is 1. The second-order valence-electron chi connectivity index (χ2n) is 4.96. The van der Waals surface area contributed by atoms with Gasteiger partial charge in [-0.15, -0.1) is 0 Å². The van der Waals surface area contributed by atoms with Crippen LogP contribution in [0.4, 0.5) is 0 Å². The highest BCUT2D eigenvalue weighted by Crippen LogP contribution is 2.43. The summed E-state index contributed by atoms with van der Waals surface area (Å²) in [5.74, 6) is -3.27. The summed E-state index contributed by atoms with van der Waals surface area (Å²) < 4.78 is 5.52. The maximum Gasteiger partial charge on any atom is 0.200 e. The van der Waals surface area contributed by atoms with Gasteiger partial charge in [0.1, 0.15) is 17.6 Å². The molecule has 7 heteroatoms. The summed E-state index contributed by atoms with van der Waals surface area (Å²) in [6.45, 7) is 0. The number of carbonyl (C=O) groups excluding carboxylic acids is 1. The zero-order valence-corrected chi connectivity index (χ0v) is 11.1. The minimum Gasteiger partial charge on any atom is -0.872 e. The number of hydrogen-bond donors (Lipinski definition) is 4. The SMILES string of the molecule is O=C1CC(c2cc(O)c(O)c(O)c2)Oc2cc(O)cc([O-])c21. The first-order chi connectivity index (χ1) is 10.4. The van der Waals surface area contributed by atoms with Crippen LogP contribution in [0.3, 0.4) is 0 Å². The van der Waals surface area contributed by atoms with E-state index in [1.54, 1.807) is 0 Å². The van der Waals surface area contributed by atoms with Crippen LogP contribution in [-0.2, 0) is 0 Å². The highest BCUT2D eigenvalue weighted by Gasteiger charge is 2.29. The highest BCUT2D eigenvalue weighted by molar-refractivity contribution is 6.02. The summed E-state index contributed by atoms with van der Waals surface area (Å²) in [5.41, 5.74) is 0.115. The van der Waals surface area contributed by atoms with Crippen LogP contribution >= 0.6 is 0 Å². The number of fused-ring (bicyclic) bond motifs is 1. The second kappa shape index (κ2) is 4.73. The average Bonchev–Trinajstić information content (AvgIpc) is 2.42. The first-order valence-corrected chi connectivity index (χ1v) is 6.35. The Hall–Kier alpha value is -3.09. The molecule has 0 amide bonds. The lowest BCUT2D eigenvalue weighted by atomic mass is 9.95. The first kappa shape index (κ1) is 13.9. The van der Waals surface area contributed by atoms with Crippen molar-refractivity contribution in [1.82, 2.24) is 0 Å². The fraction of sp³-hybridized carbons (Fsp3) is 0.133. The van der Waals surface area contributed by atoms with E-state index < -0.39 is 34.9 Å². The predicted molar refractivity (Wildman–Crippen MR) is 71.3 cm³/mol. The Labute approximate surface area is 124 Å². The molecule has 0 bridgehead atoms. The minimum absolute atomic E-state index is 0.0571. The second-order valence-corrected chi connectivity index (χ2v) is 4.96. The van der Waals surface area contributed by atoms with E-state index >= 15 is 0 Å². The maximum atomic E-state index is 12.1. The van der Waals surface area contributed by atoms with E-state index in [9.17, 15) is 30.3 Å². The molecule has 1 aliphatic rings. The van der Waals surface area contributed by atoms with Crippen molar-refractivity contribution < 1.29 is 35.1 Å². The number of phenolic OH excluding ortho intramolecular Hbond substituents is 4. The number of benzene rings is 2. The van der Waals surface area contributed by atoms with Crippen molar-refractivity contribution in [3.05, 3.63) is 35.4 Å². The Bertz CT molecular complexity index is 759. The molecular weight excluding hydrogens is 292 g/mol. The van der Waals surface area contributed by atoms with E-state index in [2.05, 4.69) is 0 Å². The normalized spacial score (nSPS) is 16.9. The van der Waals surface area contributed by atoms with Crippen LogP contribution in [0.2, 0.25) is 0 Å². The van der Waals surface area contributed by atoms with Crippen molar-refractivity contribution in [3.63, 3.8) is 0 Å². The van der Waals surface area contributed by atoms with Gasteiger partial charge >= 0.3 is 0 Å². The molecular formula is C15H11O7-. The fourth-order valence-corrected chi connectivity index (χ4v) is 2.41. The Morgan fingerprint density at radius 2 is 1.68 bits per heavy atom. The molecule has 1 unspecified atom stereocenters. The van der Waals surface area contributed by atoms with Crippen LogP contribution in [0.25, 0.3) is 0 Å². The molecule has 1 atom stereocenters. The molecule has 2 aromatic rings. The summed E-state index contributed by atoms with van der Waals surface area (Å²) in [7, 11) is 0. The van der Waals surface area contributed by atoms with Crippen LogP contribution in [-0.4, -0.2) is 26.2 Å². The van der Waals surface area contributed by atoms with Crippen molar-refractivity contribution in [2.45, 2.75) is 12.5 Å². The smallest absolute Gasteiger partial charge is 0.200 e. The lowest BCUT2D eigenvalue weighted by Gasteiger charge is -2.28. The summed E-state index contributed by atoms with van der Waals surface area (Å²) >= 11 is 0. The lowest BCUT2D eigenvalue weighted by Crippen LogP contribution is -2.21. The molecule has 1 aliphatic heterocycles. The molecule has 3 rings (SSSR count). The Morgan fingerprint density at radius 3 is 2.32 bits per heavy atom. The van der Waals surface area contributed by atoms with Gasteiger partial charge in [-0.05, 0) is 18.2 Å². The van der Waals surface area contributed by atoms with Gasteiger partial charge in [0.25, 0.3) is 0 Å². The zero-order valence-electron chi connectivity index (χ0n) is 11.1. The first-order valence-electron chi connectivity index (χ1n) is 6.35. The molecule has 0 spiro atoms. The summed E-state index contributed by atoms with van der Waals surface area (Å²) in [6.07, 6.45) is -1.03. The number of ether oxygens (including phenoxy) is 1. The molecule has 0 aliphatic carbocycles. The van der Waals surface area contributed by atoms with E-state index in [1.165, 1.54) is 0 Å². The third-order valence-corrected chi connectivity index (χ3v) is 3.43. The van der Waals surface area contributed by atoms with Crippen molar-refractivity contribution in [1.29, 1.82) is 0 Å².